The van der Waals surface area contributed by atoms with Gasteiger partial charge in [-0.3, -0.25) is 0 Å². The predicted molar refractivity (Wildman–Crippen MR) is 87.7 cm³/mol. The normalized spacial score (nSPS) is 13.9. The zero-order chi connectivity index (χ0) is 14.2. The smallest absolute Gasteiger partial charge is 0.0632 e. The number of hydrogen-bond donors (Lipinski definition) is 2. The molecule has 0 bridgehead atoms. The number of aliphatic hydroxyl groups is 2. The average molecular weight is 306 g/mol. The second kappa shape index (κ2) is 8.37. The Morgan fingerprint density at radius 3 is 1.30 bits per heavy atom. The fourth-order valence-corrected chi connectivity index (χ4v) is 4.62. The van der Waals surface area contributed by atoms with Crippen molar-refractivity contribution in [3.63, 3.8) is 0 Å². The molecule has 106 valence electrons. The van der Waals surface area contributed by atoms with E-state index in [0.29, 0.717) is 0 Å². The summed E-state index contributed by atoms with van der Waals surface area (Å²) in [6.07, 6.45) is 0. The topological polar surface area (TPSA) is 40.5 Å². The highest BCUT2D eigenvalue weighted by Crippen LogP contribution is 2.45. The van der Waals surface area contributed by atoms with E-state index in [1.54, 1.807) is 21.6 Å². The van der Waals surface area contributed by atoms with Crippen LogP contribution in [0.1, 0.15) is 21.6 Å². The maximum atomic E-state index is 9.54. The Labute approximate surface area is 127 Å². The van der Waals surface area contributed by atoms with Gasteiger partial charge in [-0.1, -0.05) is 82.3 Å². The van der Waals surface area contributed by atoms with Crippen LogP contribution in [0.25, 0.3) is 0 Å². The highest BCUT2D eigenvalue weighted by Gasteiger charge is 2.16. The summed E-state index contributed by atoms with van der Waals surface area (Å²) in [7, 11) is 3.22. The molecule has 2 aromatic rings. The van der Waals surface area contributed by atoms with E-state index in [1.807, 2.05) is 60.7 Å². The lowest BCUT2D eigenvalue weighted by Gasteiger charge is -2.18. The van der Waals surface area contributed by atoms with Crippen LogP contribution >= 0.6 is 21.6 Å². The lowest BCUT2D eigenvalue weighted by Crippen LogP contribution is -2.01. The van der Waals surface area contributed by atoms with E-state index in [1.165, 1.54) is 0 Å². The molecule has 0 spiro atoms. The summed E-state index contributed by atoms with van der Waals surface area (Å²) in [5.74, 6) is 0. The minimum Gasteiger partial charge on any atom is -0.395 e. The molecule has 0 aliphatic rings. The quantitative estimate of drug-likeness (QED) is 0.763. The molecule has 2 unspecified atom stereocenters. The molecule has 0 amide bonds. The van der Waals surface area contributed by atoms with Crippen LogP contribution in [0.15, 0.2) is 60.7 Å². The van der Waals surface area contributed by atoms with Gasteiger partial charge in [0.1, 0.15) is 0 Å². The first-order valence-electron chi connectivity index (χ1n) is 6.49. The Balaban J connectivity index is 1.99. The van der Waals surface area contributed by atoms with Crippen LogP contribution in [-0.2, 0) is 0 Å². The Morgan fingerprint density at radius 1 is 0.650 bits per heavy atom. The molecule has 0 heterocycles. The van der Waals surface area contributed by atoms with Crippen LogP contribution in [0.4, 0.5) is 0 Å². The van der Waals surface area contributed by atoms with Crippen LogP contribution in [0.2, 0.25) is 0 Å². The highest BCUT2D eigenvalue weighted by atomic mass is 33.1. The van der Waals surface area contributed by atoms with E-state index < -0.39 is 0 Å². The van der Waals surface area contributed by atoms with Gasteiger partial charge >= 0.3 is 0 Å². The SMILES string of the molecule is OCC(SSC(CO)c1ccccc1)c1ccccc1. The Bertz CT molecular complexity index is 443. The second-order valence-electron chi connectivity index (χ2n) is 4.36. The van der Waals surface area contributed by atoms with Crippen LogP contribution in [0, 0.1) is 0 Å². The van der Waals surface area contributed by atoms with Gasteiger partial charge in [-0.25, -0.2) is 0 Å². The molecular formula is C16H18O2S2. The van der Waals surface area contributed by atoms with Crippen molar-refractivity contribution in [1.29, 1.82) is 0 Å². The van der Waals surface area contributed by atoms with Crippen LogP contribution < -0.4 is 0 Å². The fourth-order valence-electron chi connectivity index (χ4n) is 1.85. The summed E-state index contributed by atoms with van der Waals surface area (Å²) in [5.41, 5.74) is 2.22. The molecule has 2 rings (SSSR count). The Morgan fingerprint density at radius 2 is 1.00 bits per heavy atom. The summed E-state index contributed by atoms with van der Waals surface area (Å²) in [4.78, 5) is 0. The van der Waals surface area contributed by atoms with Crippen molar-refractivity contribution in [3.8, 4) is 0 Å². The van der Waals surface area contributed by atoms with Gasteiger partial charge in [-0.2, -0.15) is 0 Å². The standard InChI is InChI=1S/C16H18O2S2/c17-11-15(13-7-3-1-4-8-13)19-20-16(12-18)14-9-5-2-6-10-14/h1-10,15-18H,11-12H2. The third-order valence-corrected chi connectivity index (χ3v) is 6.11. The average Bonchev–Trinajstić information content (AvgIpc) is 2.53. The van der Waals surface area contributed by atoms with Crippen LogP contribution in [0.3, 0.4) is 0 Å². The zero-order valence-corrected chi connectivity index (χ0v) is 12.7. The number of aliphatic hydroxyl groups excluding tert-OH is 2. The van der Waals surface area contributed by atoms with Crippen molar-refractivity contribution in [3.05, 3.63) is 71.8 Å². The summed E-state index contributed by atoms with van der Waals surface area (Å²) < 4.78 is 0. The fraction of sp³-hybridized carbons (Fsp3) is 0.250. The van der Waals surface area contributed by atoms with E-state index in [-0.39, 0.29) is 23.7 Å². The van der Waals surface area contributed by atoms with Gasteiger partial charge in [-0.15, -0.1) is 0 Å². The molecule has 0 aliphatic heterocycles. The van der Waals surface area contributed by atoms with E-state index in [2.05, 4.69) is 0 Å². The van der Waals surface area contributed by atoms with Crippen molar-refractivity contribution in [1.82, 2.24) is 0 Å². The number of benzene rings is 2. The molecule has 0 fully saturated rings. The molecular weight excluding hydrogens is 288 g/mol. The molecule has 2 N–H and O–H groups in total. The predicted octanol–water partition coefficient (Wildman–Crippen LogP) is 3.84. The third-order valence-electron chi connectivity index (χ3n) is 2.96. The lowest BCUT2D eigenvalue weighted by molar-refractivity contribution is 0.295. The van der Waals surface area contributed by atoms with E-state index in [9.17, 15) is 10.2 Å². The molecule has 20 heavy (non-hydrogen) atoms. The monoisotopic (exact) mass is 306 g/mol. The maximum Gasteiger partial charge on any atom is 0.0632 e. The van der Waals surface area contributed by atoms with E-state index >= 15 is 0 Å². The minimum absolute atomic E-state index is 0.0268. The first-order valence-corrected chi connectivity index (χ1v) is 8.76. The van der Waals surface area contributed by atoms with E-state index in [0.717, 1.165) is 11.1 Å². The van der Waals surface area contributed by atoms with Gasteiger partial charge in [0.25, 0.3) is 0 Å². The van der Waals surface area contributed by atoms with Gasteiger partial charge in [0.2, 0.25) is 0 Å². The molecule has 0 aliphatic carbocycles. The number of hydrogen-bond acceptors (Lipinski definition) is 4. The first kappa shape index (κ1) is 15.4. The number of rotatable bonds is 7. The first-order chi connectivity index (χ1) is 9.85. The molecule has 4 heteroatoms. The van der Waals surface area contributed by atoms with Crippen LogP contribution in [0.5, 0.6) is 0 Å². The molecule has 0 saturated heterocycles. The molecule has 2 nitrogen and oxygen atoms in total. The lowest BCUT2D eigenvalue weighted by atomic mass is 10.2. The van der Waals surface area contributed by atoms with Crippen molar-refractivity contribution < 1.29 is 10.2 Å². The largest absolute Gasteiger partial charge is 0.395 e. The highest BCUT2D eigenvalue weighted by molar-refractivity contribution is 8.76. The summed E-state index contributed by atoms with van der Waals surface area (Å²) in [6.45, 7) is 0.184. The van der Waals surface area contributed by atoms with Gasteiger partial charge in [0.15, 0.2) is 0 Å². The van der Waals surface area contributed by atoms with Gasteiger partial charge < -0.3 is 10.2 Å². The Hall–Kier alpha value is -0.940. The molecule has 2 aromatic carbocycles. The summed E-state index contributed by atoms with van der Waals surface area (Å²) >= 11 is 0. The third kappa shape index (κ3) is 4.28. The van der Waals surface area contributed by atoms with Crippen molar-refractivity contribution in [2.75, 3.05) is 13.2 Å². The molecule has 2 atom stereocenters. The van der Waals surface area contributed by atoms with E-state index in [4.69, 9.17) is 0 Å². The maximum absolute atomic E-state index is 9.54. The molecule has 0 radical (unpaired) electrons. The van der Waals surface area contributed by atoms with Gasteiger partial charge in [0.05, 0.1) is 23.7 Å². The van der Waals surface area contributed by atoms with Gasteiger partial charge in [-0.05, 0) is 11.1 Å². The molecule has 0 saturated carbocycles. The van der Waals surface area contributed by atoms with Crippen LogP contribution in [-0.4, -0.2) is 23.4 Å². The van der Waals surface area contributed by atoms with Crippen molar-refractivity contribution in [2.45, 2.75) is 10.5 Å². The minimum atomic E-state index is 0.0268. The Kier molecular flexibility index (Phi) is 6.47. The summed E-state index contributed by atoms with van der Waals surface area (Å²) in [6, 6.07) is 19.9. The van der Waals surface area contributed by atoms with Crippen molar-refractivity contribution in [2.24, 2.45) is 0 Å². The van der Waals surface area contributed by atoms with Crippen molar-refractivity contribution >= 4 is 21.6 Å². The van der Waals surface area contributed by atoms with Gasteiger partial charge in [0, 0.05) is 0 Å². The zero-order valence-electron chi connectivity index (χ0n) is 11.1. The second-order valence-corrected chi connectivity index (χ2v) is 7.03. The summed E-state index contributed by atoms with van der Waals surface area (Å²) in [5, 5.41) is 19.1. The molecule has 0 aromatic heterocycles.